The lowest BCUT2D eigenvalue weighted by Crippen LogP contribution is -2.30. The van der Waals surface area contributed by atoms with Gasteiger partial charge in [-0.05, 0) is 46.1 Å². The van der Waals surface area contributed by atoms with Gasteiger partial charge in [-0.1, -0.05) is 24.3 Å². The molecule has 0 amide bonds. The normalized spacial score (nSPS) is 23.3. The van der Waals surface area contributed by atoms with Crippen LogP contribution in [0.15, 0.2) is 40.2 Å². The molecule has 0 unspecified atom stereocenters. The van der Waals surface area contributed by atoms with Crippen LogP contribution in [0.4, 0.5) is 0 Å². The highest BCUT2D eigenvalue weighted by molar-refractivity contribution is 9.11. The molecule has 0 bridgehead atoms. The summed E-state index contributed by atoms with van der Waals surface area (Å²) in [5.74, 6) is 0. The van der Waals surface area contributed by atoms with Crippen LogP contribution in [0.3, 0.4) is 0 Å². The lowest BCUT2D eigenvalue weighted by molar-refractivity contribution is 0.136. The Morgan fingerprint density at radius 1 is 1.32 bits per heavy atom. The third-order valence-corrected chi connectivity index (χ3v) is 5.46. The van der Waals surface area contributed by atoms with Gasteiger partial charge in [-0.3, -0.25) is 0 Å². The predicted molar refractivity (Wildman–Crippen MR) is 82.5 cm³/mol. The van der Waals surface area contributed by atoms with Gasteiger partial charge in [-0.25, -0.2) is 0 Å². The summed E-state index contributed by atoms with van der Waals surface area (Å²) in [5.41, 5.74) is 2.49. The molecule has 2 nitrogen and oxygen atoms in total. The lowest BCUT2D eigenvalue weighted by Gasteiger charge is -2.22. The monoisotopic (exact) mass is 337 g/mol. The third-order valence-electron chi connectivity index (χ3n) is 3.65. The van der Waals surface area contributed by atoms with E-state index < -0.39 is 0 Å². The summed E-state index contributed by atoms with van der Waals surface area (Å²) in [6, 6.07) is 12.8. The van der Waals surface area contributed by atoms with Crippen LogP contribution in [0.5, 0.6) is 0 Å². The van der Waals surface area contributed by atoms with Crippen molar-refractivity contribution in [2.24, 2.45) is 0 Å². The Kier molecular flexibility index (Phi) is 3.76. The fourth-order valence-corrected chi connectivity index (χ4v) is 4.12. The Morgan fingerprint density at radius 3 is 2.84 bits per heavy atom. The van der Waals surface area contributed by atoms with Crippen molar-refractivity contribution in [3.05, 3.63) is 56.2 Å². The summed E-state index contributed by atoms with van der Waals surface area (Å²) < 4.78 is 1.14. The molecule has 1 aromatic carbocycles. The van der Waals surface area contributed by atoms with E-state index >= 15 is 0 Å². The van der Waals surface area contributed by atoms with Gasteiger partial charge in [0, 0.05) is 17.3 Å². The zero-order chi connectivity index (χ0) is 13.4. The summed E-state index contributed by atoms with van der Waals surface area (Å²) in [5, 5.41) is 13.8. The Morgan fingerprint density at radius 2 is 2.11 bits per heavy atom. The van der Waals surface area contributed by atoms with Gasteiger partial charge in [-0.15, -0.1) is 11.3 Å². The van der Waals surface area contributed by atoms with Gasteiger partial charge in [0.1, 0.15) is 0 Å². The van der Waals surface area contributed by atoms with E-state index in [1.807, 2.05) is 12.1 Å². The first-order valence-electron chi connectivity index (χ1n) is 6.42. The van der Waals surface area contributed by atoms with E-state index in [0.717, 1.165) is 10.2 Å². The molecule has 0 saturated carbocycles. The van der Waals surface area contributed by atoms with Crippen LogP contribution in [0.1, 0.15) is 35.0 Å². The average molecular weight is 338 g/mol. The van der Waals surface area contributed by atoms with Crippen molar-refractivity contribution in [3.8, 4) is 0 Å². The number of fused-ring (bicyclic) bond motifs is 1. The van der Waals surface area contributed by atoms with Crippen LogP contribution < -0.4 is 5.32 Å². The number of hydrogen-bond donors (Lipinski definition) is 2. The maximum Gasteiger partial charge on any atom is 0.0775 e. The second-order valence-corrected chi connectivity index (χ2v) is 7.47. The molecule has 0 spiro atoms. The summed E-state index contributed by atoms with van der Waals surface area (Å²) in [6.45, 7) is 2.14. The highest BCUT2D eigenvalue weighted by atomic mass is 79.9. The molecule has 1 aliphatic carbocycles. The first-order valence-corrected chi connectivity index (χ1v) is 8.03. The molecule has 0 saturated heterocycles. The van der Waals surface area contributed by atoms with Crippen molar-refractivity contribution in [2.45, 2.75) is 31.5 Å². The standard InChI is InChI=1S/C15H16BrNOS/c1-9(13-6-7-14(16)19-13)17-15-11-5-3-2-4-10(11)8-12(15)18/h2-7,9,12,15,17-18H,8H2,1H3/t9-,12+,15-/m0/s1. The highest BCUT2D eigenvalue weighted by Gasteiger charge is 2.31. The third kappa shape index (κ3) is 2.63. The molecule has 4 heteroatoms. The van der Waals surface area contributed by atoms with Gasteiger partial charge in [0.25, 0.3) is 0 Å². The first-order chi connectivity index (χ1) is 9.15. The molecule has 1 heterocycles. The smallest absolute Gasteiger partial charge is 0.0775 e. The Balaban J connectivity index is 1.80. The minimum Gasteiger partial charge on any atom is -0.391 e. The molecule has 100 valence electrons. The van der Waals surface area contributed by atoms with Gasteiger partial charge in [0.05, 0.1) is 15.9 Å². The lowest BCUT2D eigenvalue weighted by atomic mass is 10.1. The number of hydrogen-bond acceptors (Lipinski definition) is 3. The van der Waals surface area contributed by atoms with Crippen molar-refractivity contribution >= 4 is 27.3 Å². The van der Waals surface area contributed by atoms with E-state index in [9.17, 15) is 5.11 Å². The Labute approximate surface area is 125 Å². The van der Waals surface area contributed by atoms with Crippen molar-refractivity contribution in [2.75, 3.05) is 0 Å². The van der Waals surface area contributed by atoms with E-state index in [-0.39, 0.29) is 18.2 Å². The zero-order valence-electron chi connectivity index (χ0n) is 10.6. The maximum atomic E-state index is 10.2. The molecule has 1 aliphatic rings. The van der Waals surface area contributed by atoms with Gasteiger partial charge < -0.3 is 10.4 Å². The van der Waals surface area contributed by atoms with Crippen molar-refractivity contribution < 1.29 is 5.11 Å². The maximum absolute atomic E-state index is 10.2. The van der Waals surface area contributed by atoms with Crippen LogP contribution >= 0.6 is 27.3 Å². The van der Waals surface area contributed by atoms with Crippen LogP contribution in [0.2, 0.25) is 0 Å². The van der Waals surface area contributed by atoms with Crippen LogP contribution in [0, 0.1) is 0 Å². The van der Waals surface area contributed by atoms with Gasteiger partial charge in [-0.2, -0.15) is 0 Å². The molecule has 2 aromatic rings. The number of aliphatic hydroxyl groups is 1. The molecule has 1 aromatic heterocycles. The quantitative estimate of drug-likeness (QED) is 0.892. The van der Waals surface area contributed by atoms with E-state index in [1.54, 1.807) is 11.3 Å². The van der Waals surface area contributed by atoms with Crippen molar-refractivity contribution in [3.63, 3.8) is 0 Å². The Hall–Kier alpha value is -0.680. The predicted octanol–water partition coefficient (Wildman–Crippen LogP) is 3.82. The highest BCUT2D eigenvalue weighted by Crippen LogP contribution is 2.34. The molecular weight excluding hydrogens is 322 g/mol. The average Bonchev–Trinajstić information content (AvgIpc) is 2.95. The molecular formula is C15H16BrNOS. The molecule has 0 fully saturated rings. The number of halogens is 1. The zero-order valence-corrected chi connectivity index (χ0v) is 13.0. The van der Waals surface area contributed by atoms with Gasteiger partial charge in [0.15, 0.2) is 0 Å². The fraction of sp³-hybridized carbons (Fsp3) is 0.333. The molecule has 3 atom stereocenters. The number of thiophene rings is 1. The summed E-state index contributed by atoms with van der Waals surface area (Å²) >= 11 is 5.23. The van der Waals surface area contributed by atoms with E-state index in [1.165, 1.54) is 16.0 Å². The van der Waals surface area contributed by atoms with Crippen LogP contribution in [-0.4, -0.2) is 11.2 Å². The second kappa shape index (κ2) is 5.37. The SMILES string of the molecule is C[C@H](N[C@H]1c2ccccc2C[C@H]1O)c1ccc(Br)s1. The van der Waals surface area contributed by atoms with Crippen LogP contribution in [0.25, 0.3) is 0 Å². The fourth-order valence-electron chi connectivity index (χ4n) is 2.69. The van der Waals surface area contributed by atoms with Crippen molar-refractivity contribution in [1.29, 1.82) is 0 Å². The van der Waals surface area contributed by atoms with Crippen LogP contribution in [-0.2, 0) is 6.42 Å². The molecule has 19 heavy (non-hydrogen) atoms. The number of benzene rings is 1. The largest absolute Gasteiger partial charge is 0.391 e. The summed E-state index contributed by atoms with van der Waals surface area (Å²) in [7, 11) is 0. The number of aliphatic hydroxyl groups excluding tert-OH is 1. The number of rotatable bonds is 3. The Bertz CT molecular complexity index is 583. The summed E-state index contributed by atoms with van der Waals surface area (Å²) in [4.78, 5) is 1.28. The van der Waals surface area contributed by atoms with Gasteiger partial charge >= 0.3 is 0 Å². The summed E-state index contributed by atoms with van der Waals surface area (Å²) in [6.07, 6.45) is 0.414. The number of nitrogens with one attached hydrogen (secondary N) is 1. The van der Waals surface area contributed by atoms with E-state index in [4.69, 9.17) is 0 Å². The van der Waals surface area contributed by atoms with Crippen molar-refractivity contribution in [1.82, 2.24) is 5.32 Å². The molecule has 0 radical (unpaired) electrons. The minimum atomic E-state index is -0.330. The van der Waals surface area contributed by atoms with Gasteiger partial charge in [0.2, 0.25) is 0 Å². The molecule has 0 aliphatic heterocycles. The molecule has 2 N–H and O–H groups in total. The van der Waals surface area contributed by atoms with E-state index in [0.29, 0.717) is 0 Å². The minimum absolute atomic E-state index is 0.0343. The van der Waals surface area contributed by atoms with E-state index in [2.05, 4.69) is 52.4 Å². The first kappa shape index (κ1) is 13.3. The topological polar surface area (TPSA) is 32.3 Å². The second-order valence-electron chi connectivity index (χ2n) is 4.98. The molecule has 3 rings (SSSR count).